The fraction of sp³-hybridized carbons (Fsp3) is 0.588. The van der Waals surface area contributed by atoms with E-state index in [9.17, 15) is 4.79 Å². The Kier molecular flexibility index (Phi) is 4.36. The van der Waals surface area contributed by atoms with Crippen molar-refractivity contribution < 1.29 is 9.53 Å². The minimum Gasteiger partial charge on any atom is -0.450 e. The molecule has 3 nitrogen and oxygen atoms in total. The monoisotopic (exact) mass is 275 g/mol. The van der Waals surface area contributed by atoms with Crippen LogP contribution in [0.5, 0.6) is 0 Å². The smallest absolute Gasteiger partial charge is 0.407 e. The maximum atomic E-state index is 11.7. The fourth-order valence-electron chi connectivity index (χ4n) is 2.73. The van der Waals surface area contributed by atoms with Crippen molar-refractivity contribution in [2.24, 2.45) is 0 Å². The molecule has 0 saturated heterocycles. The lowest BCUT2D eigenvalue weighted by Gasteiger charge is -2.29. The SMILES string of the molecule is CCOC(=O)NC1CCCc2ccc(C(C)(C)C)cc21. The number of ether oxygens (including phenoxy) is 1. The molecule has 1 unspecified atom stereocenters. The molecule has 1 aliphatic carbocycles. The number of carbonyl (C=O) groups excluding carboxylic acids is 1. The predicted molar refractivity (Wildman–Crippen MR) is 81.0 cm³/mol. The van der Waals surface area contributed by atoms with E-state index in [1.165, 1.54) is 16.7 Å². The number of aryl methyl sites for hydroxylation is 1. The van der Waals surface area contributed by atoms with E-state index in [1.807, 2.05) is 6.92 Å². The van der Waals surface area contributed by atoms with Gasteiger partial charge in [0.05, 0.1) is 12.6 Å². The number of fused-ring (bicyclic) bond motifs is 1. The van der Waals surface area contributed by atoms with Crippen LogP contribution in [0.2, 0.25) is 0 Å². The van der Waals surface area contributed by atoms with E-state index in [4.69, 9.17) is 4.74 Å². The van der Waals surface area contributed by atoms with Crippen LogP contribution in [0.1, 0.15) is 63.3 Å². The highest BCUT2D eigenvalue weighted by Gasteiger charge is 2.24. The molecule has 1 N–H and O–H groups in total. The molecule has 0 saturated carbocycles. The highest BCUT2D eigenvalue weighted by atomic mass is 16.5. The number of rotatable bonds is 2. The zero-order valence-corrected chi connectivity index (χ0v) is 13.0. The van der Waals surface area contributed by atoms with Crippen LogP contribution in [-0.2, 0) is 16.6 Å². The van der Waals surface area contributed by atoms with Gasteiger partial charge in [-0.3, -0.25) is 0 Å². The van der Waals surface area contributed by atoms with Gasteiger partial charge >= 0.3 is 6.09 Å². The van der Waals surface area contributed by atoms with Gasteiger partial charge in [0.15, 0.2) is 0 Å². The molecule has 0 heterocycles. The third kappa shape index (κ3) is 3.33. The van der Waals surface area contributed by atoms with E-state index in [1.54, 1.807) is 0 Å². The maximum absolute atomic E-state index is 11.7. The van der Waals surface area contributed by atoms with Crippen LogP contribution in [0.3, 0.4) is 0 Å². The Morgan fingerprint density at radius 3 is 2.80 bits per heavy atom. The van der Waals surface area contributed by atoms with Crippen LogP contribution in [0.25, 0.3) is 0 Å². The lowest BCUT2D eigenvalue weighted by Crippen LogP contribution is -2.31. The summed E-state index contributed by atoms with van der Waals surface area (Å²) in [4.78, 5) is 11.7. The summed E-state index contributed by atoms with van der Waals surface area (Å²) in [6.07, 6.45) is 2.88. The highest BCUT2D eigenvalue weighted by molar-refractivity contribution is 5.68. The second-order valence-corrected chi connectivity index (χ2v) is 6.47. The van der Waals surface area contributed by atoms with Gasteiger partial charge in [-0.15, -0.1) is 0 Å². The number of nitrogens with one attached hydrogen (secondary N) is 1. The standard InChI is InChI=1S/C17H25NO2/c1-5-20-16(19)18-15-8-6-7-12-9-10-13(11-14(12)15)17(2,3)4/h9-11,15H,5-8H2,1-4H3,(H,18,19). The van der Waals surface area contributed by atoms with Crippen molar-refractivity contribution in [3.05, 3.63) is 34.9 Å². The minimum atomic E-state index is -0.313. The first-order valence-electron chi connectivity index (χ1n) is 7.48. The normalized spacial score (nSPS) is 18.3. The van der Waals surface area contributed by atoms with Gasteiger partial charge in [0.1, 0.15) is 0 Å². The number of hydrogen-bond donors (Lipinski definition) is 1. The van der Waals surface area contributed by atoms with Crippen LogP contribution in [0, 0.1) is 0 Å². The van der Waals surface area contributed by atoms with Crippen LogP contribution < -0.4 is 5.32 Å². The van der Waals surface area contributed by atoms with Crippen molar-refractivity contribution in [2.75, 3.05) is 6.61 Å². The molecule has 20 heavy (non-hydrogen) atoms. The first-order valence-corrected chi connectivity index (χ1v) is 7.48. The molecule has 1 amide bonds. The Morgan fingerprint density at radius 1 is 1.40 bits per heavy atom. The summed E-state index contributed by atoms with van der Waals surface area (Å²) < 4.78 is 5.01. The molecule has 0 aromatic heterocycles. The zero-order valence-electron chi connectivity index (χ0n) is 13.0. The van der Waals surface area contributed by atoms with Crippen LogP contribution >= 0.6 is 0 Å². The van der Waals surface area contributed by atoms with Crippen LogP contribution in [0.4, 0.5) is 4.79 Å². The van der Waals surface area contributed by atoms with Crippen LogP contribution in [0.15, 0.2) is 18.2 Å². The third-order valence-corrected chi connectivity index (χ3v) is 3.89. The van der Waals surface area contributed by atoms with Gasteiger partial charge in [-0.25, -0.2) is 4.79 Å². The number of amides is 1. The van der Waals surface area contributed by atoms with E-state index < -0.39 is 0 Å². The zero-order chi connectivity index (χ0) is 14.8. The molecule has 1 aliphatic rings. The second-order valence-electron chi connectivity index (χ2n) is 6.47. The number of hydrogen-bond acceptors (Lipinski definition) is 2. The summed E-state index contributed by atoms with van der Waals surface area (Å²) in [6, 6.07) is 6.77. The first kappa shape index (κ1) is 14.9. The first-order chi connectivity index (χ1) is 9.41. The maximum Gasteiger partial charge on any atom is 0.407 e. The molecule has 1 aromatic rings. The van der Waals surface area contributed by atoms with Gasteiger partial charge in [-0.05, 0) is 48.3 Å². The fourth-order valence-corrected chi connectivity index (χ4v) is 2.73. The van der Waals surface area contributed by atoms with Crippen molar-refractivity contribution in [3.8, 4) is 0 Å². The summed E-state index contributed by atoms with van der Waals surface area (Å²) in [5, 5.41) is 2.99. The van der Waals surface area contributed by atoms with E-state index in [-0.39, 0.29) is 17.6 Å². The Balaban J connectivity index is 2.26. The molecule has 1 atom stereocenters. The third-order valence-electron chi connectivity index (χ3n) is 3.89. The molecule has 0 radical (unpaired) electrons. The molecule has 0 fully saturated rings. The Bertz CT molecular complexity index is 488. The Labute approximate surface area is 121 Å². The molecule has 110 valence electrons. The van der Waals surface area contributed by atoms with Crippen LogP contribution in [-0.4, -0.2) is 12.7 Å². The molecule has 1 aromatic carbocycles. The Hall–Kier alpha value is -1.51. The molecular weight excluding hydrogens is 250 g/mol. The number of carbonyl (C=O) groups is 1. The van der Waals surface area contributed by atoms with Crippen molar-refractivity contribution in [3.63, 3.8) is 0 Å². The minimum absolute atomic E-state index is 0.0834. The summed E-state index contributed by atoms with van der Waals surface area (Å²) in [5.74, 6) is 0. The lowest BCUT2D eigenvalue weighted by molar-refractivity contribution is 0.147. The molecule has 3 heteroatoms. The molecule has 0 aliphatic heterocycles. The average molecular weight is 275 g/mol. The van der Waals surface area contributed by atoms with Crippen molar-refractivity contribution in [1.82, 2.24) is 5.32 Å². The van der Waals surface area contributed by atoms with E-state index in [0.717, 1.165) is 19.3 Å². The average Bonchev–Trinajstić information content (AvgIpc) is 2.38. The molecule has 0 spiro atoms. The van der Waals surface area contributed by atoms with Crippen molar-refractivity contribution in [1.29, 1.82) is 0 Å². The molecule has 0 bridgehead atoms. The number of benzene rings is 1. The van der Waals surface area contributed by atoms with Crippen molar-refractivity contribution in [2.45, 2.75) is 58.4 Å². The highest BCUT2D eigenvalue weighted by Crippen LogP contribution is 2.33. The van der Waals surface area contributed by atoms with Gasteiger partial charge in [0.25, 0.3) is 0 Å². The summed E-state index contributed by atoms with van der Waals surface area (Å²) in [5.41, 5.74) is 4.05. The second kappa shape index (κ2) is 5.86. The van der Waals surface area contributed by atoms with E-state index in [2.05, 4.69) is 44.3 Å². The van der Waals surface area contributed by atoms with Gasteiger partial charge in [0, 0.05) is 0 Å². The quantitative estimate of drug-likeness (QED) is 0.882. The summed E-state index contributed by atoms with van der Waals surface area (Å²) >= 11 is 0. The lowest BCUT2D eigenvalue weighted by atomic mass is 9.80. The summed E-state index contributed by atoms with van der Waals surface area (Å²) in [7, 11) is 0. The topological polar surface area (TPSA) is 38.3 Å². The van der Waals surface area contributed by atoms with E-state index in [0.29, 0.717) is 6.61 Å². The van der Waals surface area contributed by atoms with Gasteiger partial charge in [-0.1, -0.05) is 39.0 Å². The number of alkyl carbamates (subject to hydrolysis) is 1. The van der Waals surface area contributed by atoms with Gasteiger partial charge in [-0.2, -0.15) is 0 Å². The largest absolute Gasteiger partial charge is 0.450 e. The van der Waals surface area contributed by atoms with E-state index >= 15 is 0 Å². The predicted octanol–water partition coefficient (Wildman–Crippen LogP) is 4.11. The van der Waals surface area contributed by atoms with Gasteiger partial charge in [0.2, 0.25) is 0 Å². The van der Waals surface area contributed by atoms with Gasteiger partial charge < -0.3 is 10.1 Å². The summed E-state index contributed by atoms with van der Waals surface area (Å²) in [6.45, 7) is 8.88. The molecule has 2 rings (SSSR count). The molecular formula is C17H25NO2. The Morgan fingerprint density at radius 2 is 2.15 bits per heavy atom. The van der Waals surface area contributed by atoms with Crippen molar-refractivity contribution >= 4 is 6.09 Å².